The molecule has 0 atom stereocenters. The summed E-state index contributed by atoms with van der Waals surface area (Å²) < 4.78 is 79.1. The third kappa shape index (κ3) is 19.2. The summed E-state index contributed by atoms with van der Waals surface area (Å²) in [6.45, 7) is 4.41. The maximum absolute atomic E-state index is 11.8. The smallest absolute Gasteiger partial charge is 0.870 e. The number of unbranched alkanes of at least 4 members (excludes halogenated alkanes) is 14. The summed E-state index contributed by atoms with van der Waals surface area (Å²) in [6, 6.07) is 21.5. The molecule has 0 saturated heterocycles. The maximum atomic E-state index is 11.8. The summed E-state index contributed by atoms with van der Waals surface area (Å²) in [6.07, 6.45) is 20.6. The van der Waals surface area contributed by atoms with E-state index in [4.69, 9.17) is 9.47 Å². The topological polar surface area (TPSA) is 173 Å². The van der Waals surface area contributed by atoms with Crippen molar-refractivity contribution in [1.29, 1.82) is 0 Å². The molecule has 308 valence electrons. The maximum Gasteiger partial charge on any atom is 2.00 e. The Kier molecular flexibility index (Phi) is 23.8. The number of phenols is 1. The van der Waals surface area contributed by atoms with Crippen molar-refractivity contribution >= 4 is 58.0 Å². The number of hydrogen-bond acceptors (Lipinski definition) is 9. The molecule has 0 aliphatic heterocycles. The molecule has 0 bridgehead atoms. The van der Waals surface area contributed by atoms with Crippen LogP contribution in [0.1, 0.15) is 128 Å². The van der Waals surface area contributed by atoms with Crippen molar-refractivity contribution in [1.82, 2.24) is 0 Å². The van der Waals surface area contributed by atoms with Crippen LogP contribution in [0, 0.1) is 0 Å². The van der Waals surface area contributed by atoms with E-state index < -0.39 is 25.1 Å². The number of benzene rings is 4. The van der Waals surface area contributed by atoms with E-state index in [1.54, 1.807) is 36.4 Å². The van der Waals surface area contributed by atoms with Crippen molar-refractivity contribution in [3.8, 4) is 34.5 Å². The van der Waals surface area contributed by atoms with Crippen LogP contribution < -0.4 is 14.6 Å². The third-order valence-corrected chi connectivity index (χ3v) is 11.1. The van der Waals surface area contributed by atoms with Gasteiger partial charge in [0.05, 0.1) is 4.90 Å². The Morgan fingerprint density at radius 1 is 0.526 bits per heavy atom. The van der Waals surface area contributed by atoms with Crippen molar-refractivity contribution in [3.05, 3.63) is 96.1 Å². The number of phenolic OH excluding ortho intramolecular Hbond substituents is 1. The molecule has 0 aliphatic rings. The second-order valence-electron chi connectivity index (χ2n) is 14.1. The van der Waals surface area contributed by atoms with E-state index in [1.807, 2.05) is 0 Å². The first-order chi connectivity index (χ1) is 26.8. The zero-order chi connectivity index (χ0) is 40.8. The summed E-state index contributed by atoms with van der Waals surface area (Å²) in [5.74, 6) is -0.486. The molecule has 57 heavy (non-hydrogen) atoms. The molecule has 0 fully saturated rings. The van der Waals surface area contributed by atoms with Gasteiger partial charge in [-0.15, -0.1) is 0 Å². The summed E-state index contributed by atoms with van der Waals surface area (Å²) >= 11 is 0. The molecule has 4 rings (SSSR count). The predicted octanol–water partition coefficient (Wildman–Crippen LogP) is 10.9. The van der Waals surface area contributed by atoms with Crippen LogP contribution in [0.4, 0.5) is 0 Å². The van der Waals surface area contributed by atoms with Gasteiger partial charge in [0.25, 0.3) is 10.1 Å². The minimum atomic E-state index is -4.71. The van der Waals surface area contributed by atoms with Crippen molar-refractivity contribution in [3.63, 3.8) is 0 Å². The van der Waals surface area contributed by atoms with E-state index in [0.717, 1.165) is 49.7 Å². The van der Waals surface area contributed by atoms with Gasteiger partial charge in [-0.25, -0.2) is 8.42 Å². The Labute approximate surface area is 370 Å². The van der Waals surface area contributed by atoms with Crippen molar-refractivity contribution < 1.29 is 45.6 Å². The molecular weight excluding hydrogens is 793 g/mol. The average molecular weight is 851 g/mol. The molecular formula is C44H58CaO10S2. The molecule has 0 amide bonds. The number of rotatable bonds is 24. The van der Waals surface area contributed by atoms with Crippen LogP contribution in [-0.2, 0) is 33.1 Å². The first-order valence-corrected chi connectivity index (χ1v) is 22.8. The van der Waals surface area contributed by atoms with E-state index in [1.165, 1.54) is 119 Å². The molecule has 13 heteroatoms. The molecule has 4 aromatic carbocycles. The van der Waals surface area contributed by atoms with Gasteiger partial charge < -0.3 is 24.2 Å². The quantitative estimate of drug-likeness (QED) is 0.0392. The van der Waals surface area contributed by atoms with Crippen LogP contribution in [0.2, 0.25) is 0 Å². The van der Waals surface area contributed by atoms with Crippen molar-refractivity contribution in [2.24, 2.45) is 0 Å². The largest absolute Gasteiger partial charge is 2.00 e. The molecule has 0 unspecified atom stereocenters. The SMILES string of the molecule is CCCCCCCCCCc1ccc(Oc2ccccc2O)c(S(=O)(=O)O)c1.CCCCCCCCCCc1ccc(Oc2ccccc2[O-])c(S(=O)(=O)[O-])c1.[Ca+2]. The van der Waals surface area contributed by atoms with E-state index >= 15 is 0 Å². The number of para-hydroxylation sites is 4. The Bertz CT molecular complexity index is 1840. The first kappa shape index (κ1) is 50.3. The minimum absolute atomic E-state index is 0. The number of hydrogen-bond donors (Lipinski definition) is 2. The Balaban J connectivity index is 0.000000387. The second-order valence-corrected chi connectivity index (χ2v) is 16.8. The summed E-state index contributed by atoms with van der Waals surface area (Å²) in [7, 11) is -9.16. The normalized spacial score (nSPS) is 11.3. The molecule has 2 N–H and O–H groups in total. The fourth-order valence-electron chi connectivity index (χ4n) is 6.22. The van der Waals surface area contributed by atoms with Gasteiger partial charge in [-0.2, -0.15) is 8.42 Å². The fraction of sp³-hybridized carbons (Fsp3) is 0.455. The molecule has 4 aromatic rings. The van der Waals surface area contributed by atoms with Gasteiger partial charge in [0.15, 0.2) is 11.5 Å². The summed E-state index contributed by atoms with van der Waals surface area (Å²) in [4.78, 5) is -0.708. The predicted molar refractivity (Wildman–Crippen MR) is 223 cm³/mol. The van der Waals surface area contributed by atoms with Crippen LogP contribution in [0.5, 0.6) is 34.5 Å². The zero-order valence-corrected chi connectivity index (χ0v) is 37.3. The van der Waals surface area contributed by atoms with Crippen molar-refractivity contribution in [2.75, 3.05) is 0 Å². The van der Waals surface area contributed by atoms with E-state index in [9.17, 15) is 36.2 Å². The van der Waals surface area contributed by atoms with Gasteiger partial charge in [0.1, 0.15) is 32.3 Å². The number of aromatic hydroxyl groups is 1. The Morgan fingerprint density at radius 3 is 1.39 bits per heavy atom. The van der Waals surface area contributed by atoms with Crippen LogP contribution in [-0.4, -0.2) is 68.8 Å². The average Bonchev–Trinajstić information content (AvgIpc) is 3.16. The third-order valence-electron chi connectivity index (χ3n) is 9.36. The zero-order valence-electron chi connectivity index (χ0n) is 33.5. The second kappa shape index (κ2) is 27.0. The first-order valence-electron chi connectivity index (χ1n) is 19.9. The summed E-state index contributed by atoms with van der Waals surface area (Å²) in [5, 5.41) is 21.6. The minimum Gasteiger partial charge on any atom is -0.870 e. The number of ether oxygens (including phenoxy) is 2. The van der Waals surface area contributed by atoms with Crippen LogP contribution >= 0.6 is 0 Å². The van der Waals surface area contributed by atoms with Crippen molar-refractivity contribution in [2.45, 2.75) is 139 Å². The van der Waals surface area contributed by atoms with Gasteiger partial charge in [0.2, 0.25) is 0 Å². The van der Waals surface area contributed by atoms with E-state index in [2.05, 4.69) is 13.8 Å². The molecule has 0 heterocycles. The molecule has 10 nitrogen and oxygen atoms in total. The monoisotopic (exact) mass is 850 g/mol. The number of aryl methyl sites for hydroxylation is 2. The van der Waals surface area contributed by atoms with Crippen LogP contribution in [0.3, 0.4) is 0 Å². The van der Waals surface area contributed by atoms with Crippen LogP contribution in [0.25, 0.3) is 0 Å². The van der Waals surface area contributed by atoms with Gasteiger partial charge in [-0.05, 0) is 79.3 Å². The molecule has 0 spiro atoms. The van der Waals surface area contributed by atoms with E-state index in [0.29, 0.717) is 6.42 Å². The van der Waals surface area contributed by atoms with Crippen LogP contribution in [0.15, 0.2) is 94.7 Å². The van der Waals surface area contributed by atoms with Gasteiger partial charge >= 0.3 is 37.7 Å². The molecule has 0 aliphatic carbocycles. The van der Waals surface area contributed by atoms with Gasteiger partial charge in [-0.1, -0.05) is 152 Å². The molecule has 0 radical (unpaired) electrons. The molecule has 0 saturated carbocycles. The Morgan fingerprint density at radius 2 is 0.930 bits per heavy atom. The van der Waals surface area contributed by atoms with E-state index in [-0.39, 0.29) is 77.1 Å². The Hall–Kier alpha value is -2.84. The summed E-state index contributed by atoms with van der Waals surface area (Å²) in [5.41, 5.74) is 1.62. The van der Waals surface area contributed by atoms with Gasteiger partial charge in [-0.3, -0.25) is 4.55 Å². The molecule has 0 aromatic heterocycles. The standard InChI is InChI=1S/2C22H30O5S.Ca/c2*1-2-3-4-5-6-7-8-9-12-18-15-16-21(22(17-18)28(24,25)26)27-20-14-11-10-13-19(20)23;/h2*10-11,13-17,23H,2-9,12H2,1H3,(H,24,25,26);/q;;+2/p-2. The fourth-order valence-corrected chi connectivity index (χ4v) is 7.54. The van der Waals surface area contributed by atoms with Gasteiger partial charge in [0, 0.05) is 0 Å².